The molecule has 3 heterocycles. The molecule has 0 saturated heterocycles. The van der Waals surface area contributed by atoms with Crippen molar-refractivity contribution in [2.45, 2.75) is 19.3 Å². The van der Waals surface area contributed by atoms with E-state index in [1.807, 2.05) is 55.5 Å². The van der Waals surface area contributed by atoms with Gasteiger partial charge in [0.15, 0.2) is 0 Å². The SMILES string of the molecule is C#CCOc1ccc(C2CC(=O)Nc3c2c(C)nn3-c2nncc(-c3ccc(OC)cc3)n2)cc1. The number of terminal acetylenes is 1. The minimum absolute atomic E-state index is 0.115. The second-order valence-corrected chi connectivity index (χ2v) is 8.00. The summed E-state index contributed by atoms with van der Waals surface area (Å²) in [7, 11) is 1.62. The molecule has 9 nitrogen and oxygen atoms in total. The third-order valence-corrected chi connectivity index (χ3v) is 5.83. The van der Waals surface area contributed by atoms with Crippen molar-refractivity contribution in [2.24, 2.45) is 0 Å². The van der Waals surface area contributed by atoms with Crippen LogP contribution in [0.3, 0.4) is 0 Å². The van der Waals surface area contributed by atoms with Crippen LogP contribution in [-0.4, -0.2) is 44.6 Å². The lowest BCUT2D eigenvalue weighted by Crippen LogP contribution is -2.25. The van der Waals surface area contributed by atoms with Crippen LogP contribution >= 0.6 is 0 Å². The number of methoxy groups -OCH3 is 1. The van der Waals surface area contributed by atoms with Gasteiger partial charge in [-0.05, 0) is 48.9 Å². The summed E-state index contributed by atoms with van der Waals surface area (Å²) < 4.78 is 12.2. The zero-order chi connectivity index (χ0) is 24.4. The van der Waals surface area contributed by atoms with Crippen LogP contribution < -0.4 is 14.8 Å². The molecule has 9 heteroatoms. The molecule has 0 aliphatic carbocycles. The Hall–Kier alpha value is -4.71. The second-order valence-electron chi connectivity index (χ2n) is 8.00. The van der Waals surface area contributed by atoms with Gasteiger partial charge in [-0.2, -0.15) is 14.9 Å². The third-order valence-electron chi connectivity index (χ3n) is 5.83. The topological polar surface area (TPSA) is 104 Å². The largest absolute Gasteiger partial charge is 0.497 e. The van der Waals surface area contributed by atoms with Gasteiger partial charge in [-0.1, -0.05) is 18.1 Å². The molecule has 0 spiro atoms. The van der Waals surface area contributed by atoms with Gasteiger partial charge in [0, 0.05) is 23.5 Å². The van der Waals surface area contributed by atoms with Gasteiger partial charge < -0.3 is 14.8 Å². The fraction of sp³-hybridized carbons (Fsp3) is 0.192. The number of carbonyl (C=O) groups excluding carboxylic acids is 1. The lowest BCUT2D eigenvalue weighted by molar-refractivity contribution is -0.116. The summed E-state index contributed by atoms with van der Waals surface area (Å²) in [6.07, 6.45) is 7.15. The normalized spacial score (nSPS) is 14.5. The number of fused-ring (bicyclic) bond motifs is 1. The van der Waals surface area contributed by atoms with E-state index in [1.165, 1.54) is 0 Å². The fourth-order valence-corrected chi connectivity index (χ4v) is 4.18. The predicted molar refractivity (Wildman–Crippen MR) is 130 cm³/mol. The maximum atomic E-state index is 12.7. The van der Waals surface area contributed by atoms with Gasteiger partial charge >= 0.3 is 0 Å². The van der Waals surface area contributed by atoms with Gasteiger partial charge in [-0.25, -0.2) is 4.98 Å². The Balaban J connectivity index is 1.52. The molecule has 4 aromatic rings. The van der Waals surface area contributed by atoms with Crippen LogP contribution in [0, 0.1) is 19.3 Å². The molecule has 0 radical (unpaired) electrons. The molecule has 0 fully saturated rings. The lowest BCUT2D eigenvalue weighted by atomic mass is 9.86. The first-order chi connectivity index (χ1) is 17.1. The van der Waals surface area contributed by atoms with Crippen LogP contribution in [0.5, 0.6) is 11.5 Å². The number of nitrogens with one attached hydrogen (secondary N) is 1. The van der Waals surface area contributed by atoms with E-state index in [0.717, 1.165) is 28.1 Å². The smallest absolute Gasteiger partial charge is 0.272 e. The number of anilines is 1. The number of hydrogen-bond donors (Lipinski definition) is 1. The van der Waals surface area contributed by atoms with E-state index in [9.17, 15) is 4.79 Å². The summed E-state index contributed by atoms with van der Waals surface area (Å²) in [6, 6.07) is 15.1. The number of carbonyl (C=O) groups is 1. The standard InChI is InChI=1S/C26H22N6O3/c1-4-13-35-20-11-5-17(6-12-20)21-14-23(33)29-25-24(21)16(2)31-32(25)26-28-22(15-27-30-26)18-7-9-19(34-3)10-8-18/h1,5-12,15,21H,13-14H2,2-3H3,(H,29,33). The first-order valence-corrected chi connectivity index (χ1v) is 11.0. The van der Waals surface area contributed by atoms with E-state index < -0.39 is 0 Å². The van der Waals surface area contributed by atoms with E-state index >= 15 is 0 Å². The van der Waals surface area contributed by atoms with Crippen LogP contribution in [0.15, 0.2) is 54.7 Å². The van der Waals surface area contributed by atoms with Gasteiger partial charge in [0.05, 0.1) is 24.7 Å². The Labute approximate surface area is 202 Å². The molecule has 1 aliphatic heterocycles. The summed E-state index contributed by atoms with van der Waals surface area (Å²) in [5.74, 6) is 4.39. The molecule has 1 N–H and O–H groups in total. The minimum Gasteiger partial charge on any atom is -0.497 e. The molecule has 2 aromatic carbocycles. The second kappa shape index (κ2) is 9.27. The van der Waals surface area contributed by atoms with Gasteiger partial charge in [0.1, 0.15) is 23.9 Å². The highest BCUT2D eigenvalue weighted by atomic mass is 16.5. The number of rotatable bonds is 6. The zero-order valence-electron chi connectivity index (χ0n) is 19.2. The molecular weight excluding hydrogens is 444 g/mol. The quantitative estimate of drug-likeness (QED) is 0.434. The van der Waals surface area contributed by atoms with Crippen LogP contribution in [-0.2, 0) is 4.79 Å². The molecule has 0 bridgehead atoms. The molecule has 35 heavy (non-hydrogen) atoms. The van der Waals surface area contributed by atoms with Crippen LogP contribution in [0.1, 0.15) is 29.2 Å². The van der Waals surface area contributed by atoms with E-state index in [0.29, 0.717) is 23.7 Å². The van der Waals surface area contributed by atoms with Crippen molar-refractivity contribution in [2.75, 3.05) is 19.0 Å². The Morgan fingerprint density at radius 2 is 1.89 bits per heavy atom. The van der Waals surface area contributed by atoms with Crippen molar-refractivity contribution in [3.8, 4) is 41.0 Å². The number of amides is 1. The average Bonchev–Trinajstić information content (AvgIpc) is 3.23. The summed E-state index contributed by atoms with van der Waals surface area (Å²) in [5, 5.41) is 15.9. The lowest BCUT2D eigenvalue weighted by Gasteiger charge is -2.24. The molecular formula is C26H22N6O3. The molecule has 0 saturated carbocycles. The number of aromatic nitrogens is 5. The van der Waals surface area contributed by atoms with Crippen LogP contribution in [0.2, 0.25) is 0 Å². The molecule has 1 amide bonds. The van der Waals surface area contributed by atoms with Crippen molar-refractivity contribution in [1.29, 1.82) is 0 Å². The van der Waals surface area contributed by atoms with Crippen LogP contribution in [0.4, 0.5) is 5.82 Å². The van der Waals surface area contributed by atoms with Crippen molar-refractivity contribution in [3.05, 3.63) is 71.5 Å². The van der Waals surface area contributed by atoms with Gasteiger partial charge in [0.25, 0.3) is 5.95 Å². The maximum absolute atomic E-state index is 12.7. The Morgan fingerprint density at radius 1 is 1.14 bits per heavy atom. The highest BCUT2D eigenvalue weighted by Crippen LogP contribution is 2.40. The number of nitrogens with zero attached hydrogens (tertiary/aromatic N) is 5. The first kappa shape index (κ1) is 22.1. The van der Waals surface area contributed by atoms with Gasteiger partial charge in [-0.15, -0.1) is 11.5 Å². The van der Waals surface area contributed by atoms with E-state index in [-0.39, 0.29) is 24.4 Å². The Bertz CT molecular complexity index is 1420. The Morgan fingerprint density at radius 3 is 2.60 bits per heavy atom. The van der Waals surface area contributed by atoms with Gasteiger partial charge in [-0.3, -0.25) is 4.79 Å². The molecule has 174 valence electrons. The fourth-order valence-electron chi connectivity index (χ4n) is 4.18. The first-order valence-electron chi connectivity index (χ1n) is 11.0. The number of aryl methyl sites for hydroxylation is 1. The van der Waals surface area contributed by atoms with Crippen molar-refractivity contribution in [3.63, 3.8) is 0 Å². The predicted octanol–water partition coefficient (Wildman–Crippen LogP) is 3.53. The van der Waals surface area contributed by atoms with Crippen molar-refractivity contribution in [1.82, 2.24) is 25.0 Å². The van der Waals surface area contributed by atoms with Crippen molar-refractivity contribution < 1.29 is 14.3 Å². The number of benzene rings is 2. The monoisotopic (exact) mass is 466 g/mol. The summed E-state index contributed by atoms with van der Waals surface area (Å²) in [4.78, 5) is 17.3. The summed E-state index contributed by atoms with van der Waals surface area (Å²) in [6.45, 7) is 2.11. The summed E-state index contributed by atoms with van der Waals surface area (Å²) in [5.41, 5.74) is 4.15. The maximum Gasteiger partial charge on any atom is 0.272 e. The third kappa shape index (κ3) is 4.29. The van der Waals surface area contributed by atoms with E-state index in [4.69, 9.17) is 15.9 Å². The average molecular weight is 467 g/mol. The summed E-state index contributed by atoms with van der Waals surface area (Å²) >= 11 is 0. The highest BCUT2D eigenvalue weighted by Gasteiger charge is 2.33. The Kier molecular flexibility index (Phi) is 5.85. The number of hydrogen-bond acceptors (Lipinski definition) is 7. The molecule has 2 aromatic heterocycles. The molecule has 1 unspecified atom stereocenters. The highest BCUT2D eigenvalue weighted by molar-refractivity contribution is 5.95. The van der Waals surface area contributed by atoms with Crippen molar-refractivity contribution >= 4 is 11.7 Å². The minimum atomic E-state index is -0.174. The number of ether oxygens (including phenoxy) is 2. The molecule has 5 rings (SSSR count). The van der Waals surface area contributed by atoms with Gasteiger partial charge in [0.2, 0.25) is 5.91 Å². The van der Waals surface area contributed by atoms with E-state index in [2.05, 4.69) is 31.5 Å². The van der Waals surface area contributed by atoms with Crippen LogP contribution in [0.25, 0.3) is 17.2 Å². The molecule has 1 aliphatic rings. The zero-order valence-corrected chi connectivity index (χ0v) is 19.2. The van der Waals surface area contributed by atoms with E-state index in [1.54, 1.807) is 18.0 Å². The molecule has 1 atom stereocenters.